The summed E-state index contributed by atoms with van der Waals surface area (Å²) < 4.78 is 26.7. The highest BCUT2D eigenvalue weighted by Crippen LogP contribution is 2.20. The fourth-order valence-electron chi connectivity index (χ4n) is 2.90. The normalized spacial score (nSPS) is 16.3. The van der Waals surface area contributed by atoms with E-state index in [2.05, 4.69) is 10.3 Å². The van der Waals surface area contributed by atoms with E-state index in [4.69, 9.17) is 0 Å². The summed E-state index contributed by atoms with van der Waals surface area (Å²) in [7, 11) is -1.74. The van der Waals surface area contributed by atoms with Crippen LogP contribution in [0.15, 0.2) is 46.1 Å². The van der Waals surface area contributed by atoms with Gasteiger partial charge in [-0.25, -0.2) is 18.2 Å². The Morgan fingerprint density at radius 2 is 2.00 bits per heavy atom. The van der Waals surface area contributed by atoms with Crippen LogP contribution in [-0.2, 0) is 16.6 Å². The number of thiazole rings is 1. The number of sulfonamides is 1. The number of benzene rings is 1. The second-order valence-electron chi connectivity index (χ2n) is 6.28. The minimum atomic E-state index is -3.46. The monoisotopic (exact) mass is 394 g/mol. The Balaban J connectivity index is 1.51. The van der Waals surface area contributed by atoms with Crippen LogP contribution < -0.4 is 5.32 Å². The fraction of sp³-hybridized carbons (Fsp3) is 0.412. The Hall–Kier alpha value is -1.97. The van der Waals surface area contributed by atoms with Crippen molar-refractivity contribution in [3.05, 3.63) is 46.9 Å². The van der Waals surface area contributed by atoms with Gasteiger partial charge in [0.1, 0.15) is 0 Å². The van der Waals surface area contributed by atoms with E-state index in [9.17, 15) is 13.2 Å². The molecule has 0 bridgehead atoms. The molecule has 0 unspecified atom stereocenters. The molecule has 0 aliphatic carbocycles. The van der Waals surface area contributed by atoms with Gasteiger partial charge in [0, 0.05) is 31.6 Å². The number of carbonyl (C=O) groups is 1. The maximum absolute atomic E-state index is 12.6. The summed E-state index contributed by atoms with van der Waals surface area (Å²) in [6.45, 7) is 1.26. The quantitative estimate of drug-likeness (QED) is 0.842. The summed E-state index contributed by atoms with van der Waals surface area (Å²) in [5.41, 5.74) is 2.60. The van der Waals surface area contributed by atoms with Gasteiger partial charge >= 0.3 is 6.03 Å². The number of urea groups is 1. The predicted molar refractivity (Wildman–Crippen MR) is 100 cm³/mol. The Bertz CT molecular complexity index is 817. The van der Waals surface area contributed by atoms with E-state index in [-0.39, 0.29) is 12.1 Å². The van der Waals surface area contributed by atoms with Gasteiger partial charge in [-0.3, -0.25) is 0 Å². The largest absolute Gasteiger partial charge is 0.335 e. The molecule has 1 aliphatic heterocycles. The summed E-state index contributed by atoms with van der Waals surface area (Å²) in [6.07, 6.45) is 1.20. The van der Waals surface area contributed by atoms with Crippen molar-refractivity contribution >= 4 is 27.4 Å². The number of hydrogen-bond acceptors (Lipinski definition) is 5. The van der Waals surface area contributed by atoms with Gasteiger partial charge in [0.05, 0.1) is 22.6 Å². The molecule has 2 aromatic rings. The van der Waals surface area contributed by atoms with Crippen molar-refractivity contribution < 1.29 is 13.2 Å². The molecule has 0 radical (unpaired) electrons. The molecule has 3 rings (SSSR count). The number of nitrogens with zero attached hydrogens (tertiary/aromatic N) is 3. The number of amides is 2. The van der Waals surface area contributed by atoms with Crippen LogP contribution in [0.3, 0.4) is 0 Å². The van der Waals surface area contributed by atoms with Crippen molar-refractivity contribution in [2.75, 3.05) is 20.1 Å². The molecular formula is C17H22N4O3S2. The van der Waals surface area contributed by atoms with Crippen molar-refractivity contribution in [2.45, 2.75) is 30.3 Å². The molecule has 2 heterocycles. The van der Waals surface area contributed by atoms with Crippen LogP contribution >= 0.6 is 11.3 Å². The molecule has 0 atom stereocenters. The van der Waals surface area contributed by atoms with Gasteiger partial charge in [-0.1, -0.05) is 18.2 Å². The van der Waals surface area contributed by atoms with Crippen molar-refractivity contribution in [3.8, 4) is 0 Å². The smallest absolute Gasteiger partial charge is 0.317 e. The van der Waals surface area contributed by atoms with Crippen LogP contribution in [0.2, 0.25) is 0 Å². The Morgan fingerprint density at radius 3 is 2.62 bits per heavy atom. The first-order valence-corrected chi connectivity index (χ1v) is 10.8. The molecule has 1 N–H and O–H groups in total. The highest BCUT2D eigenvalue weighted by atomic mass is 32.2. The van der Waals surface area contributed by atoms with Crippen LogP contribution in [0, 0.1) is 0 Å². The molecule has 1 saturated heterocycles. The van der Waals surface area contributed by atoms with E-state index in [1.807, 2.05) is 5.38 Å². The van der Waals surface area contributed by atoms with Gasteiger partial charge in [-0.05, 0) is 25.0 Å². The van der Waals surface area contributed by atoms with Crippen LogP contribution in [0.1, 0.15) is 18.5 Å². The molecule has 1 fully saturated rings. The standard InChI is InChI=1S/C17H22N4O3S2/c1-20(11-15-12-25-13-18-15)17(22)19-14-7-9-21(10-8-14)26(23,24)16-5-3-2-4-6-16/h2-6,12-14H,7-11H2,1H3,(H,19,22). The van der Waals surface area contributed by atoms with Crippen LogP contribution in [0.4, 0.5) is 4.79 Å². The molecule has 0 spiro atoms. The first-order valence-electron chi connectivity index (χ1n) is 8.40. The summed E-state index contributed by atoms with van der Waals surface area (Å²) in [5, 5.41) is 4.90. The number of nitrogens with one attached hydrogen (secondary N) is 1. The minimum absolute atomic E-state index is 0.0254. The lowest BCUT2D eigenvalue weighted by Gasteiger charge is -2.32. The summed E-state index contributed by atoms with van der Waals surface area (Å²) >= 11 is 1.50. The lowest BCUT2D eigenvalue weighted by Crippen LogP contribution is -2.49. The third-order valence-corrected chi connectivity index (χ3v) is 6.94. The number of carbonyl (C=O) groups excluding carboxylic acids is 1. The Kier molecular flexibility index (Phi) is 5.90. The van der Waals surface area contributed by atoms with E-state index >= 15 is 0 Å². The SMILES string of the molecule is CN(Cc1cscn1)C(=O)NC1CCN(S(=O)(=O)c2ccccc2)CC1. The summed E-state index contributed by atoms with van der Waals surface area (Å²) in [4.78, 5) is 18.4. The topological polar surface area (TPSA) is 82.6 Å². The molecular weight excluding hydrogens is 372 g/mol. The van der Waals surface area contributed by atoms with Gasteiger partial charge < -0.3 is 10.2 Å². The Labute approximate surface area is 157 Å². The molecule has 9 heteroatoms. The summed E-state index contributed by atoms with van der Waals surface area (Å²) in [6, 6.07) is 8.26. The van der Waals surface area contributed by atoms with Gasteiger partial charge in [-0.15, -0.1) is 11.3 Å². The molecule has 140 valence electrons. The zero-order valence-electron chi connectivity index (χ0n) is 14.5. The molecule has 2 amide bonds. The lowest BCUT2D eigenvalue weighted by atomic mass is 10.1. The molecule has 1 aliphatic rings. The fourth-order valence-corrected chi connectivity index (χ4v) is 4.94. The zero-order chi connectivity index (χ0) is 18.6. The van der Waals surface area contributed by atoms with Gasteiger partial charge in [-0.2, -0.15) is 4.31 Å². The summed E-state index contributed by atoms with van der Waals surface area (Å²) in [5.74, 6) is 0. The zero-order valence-corrected chi connectivity index (χ0v) is 16.2. The number of piperidine rings is 1. The van der Waals surface area contributed by atoms with E-state index in [1.165, 1.54) is 15.6 Å². The number of rotatable bonds is 5. The Morgan fingerprint density at radius 1 is 1.31 bits per heavy atom. The molecule has 26 heavy (non-hydrogen) atoms. The second-order valence-corrected chi connectivity index (χ2v) is 8.93. The van der Waals surface area contributed by atoms with Crippen molar-refractivity contribution in [3.63, 3.8) is 0 Å². The average Bonchev–Trinajstić information content (AvgIpc) is 3.16. The molecule has 1 aromatic carbocycles. The second kappa shape index (κ2) is 8.15. The average molecular weight is 395 g/mol. The van der Waals surface area contributed by atoms with E-state index in [0.29, 0.717) is 37.4 Å². The highest BCUT2D eigenvalue weighted by molar-refractivity contribution is 7.89. The first-order chi connectivity index (χ1) is 12.5. The van der Waals surface area contributed by atoms with Gasteiger partial charge in [0.25, 0.3) is 0 Å². The molecule has 1 aromatic heterocycles. The maximum atomic E-state index is 12.6. The molecule has 7 nitrogen and oxygen atoms in total. The first kappa shape index (κ1) is 18.8. The van der Waals surface area contributed by atoms with Crippen molar-refractivity contribution in [1.29, 1.82) is 0 Å². The minimum Gasteiger partial charge on any atom is -0.335 e. The number of aromatic nitrogens is 1. The van der Waals surface area contributed by atoms with E-state index < -0.39 is 10.0 Å². The van der Waals surface area contributed by atoms with Crippen LogP contribution in [0.5, 0.6) is 0 Å². The van der Waals surface area contributed by atoms with Gasteiger partial charge in [0.2, 0.25) is 10.0 Å². The third kappa shape index (κ3) is 4.40. The van der Waals surface area contributed by atoms with Crippen LogP contribution in [0.25, 0.3) is 0 Å². The van der Waals surface area contributed by atoms with Crippen LogP contribution in [-0.4, -0.2) is 54.8 Å². The number of hydrogen-bond donors (Lipinski definition) is 1. The van der Waals surface area contributed by atoms with E-state index in [1.54, 1.807) is 47.8 Å². The molecule has 0 saturated carbocycles. The van der Waals surface area contributed by atoms with E-state index in [0.717, 1.165) is 5.69 Å². The van der Waals surface area contributed by atoms with Gasteiger partial charge in [0.15, 0.2) is 0 Å². The van der Waals surface area contributed by atoms with Crippen molar-refractivity contribution in [1.82, 2.24) is 19.5 Å². The lowest BCUT2D eigenvalue weighted by molar-refractivity contribution is 0.195. The maximum Gasteiger partial charge on any atom is 0.317 e. The van der Waals surface area contributed by atoms with Crippen molar-refractivity contribution in [2.24, 2.45) is 0 Å². The highest BCUT2D eigenvalue weighted by Gasteiger charge is 2.30. The predicted octanol–water partition coefficient (Wildman–Crippen LogP) is 2.14. The third-order valence-electron chi connectivity index (χ3n) is 4.39.